The Bertz CT molecular complexity index is 470. The Hall–Kier alpha value is -0.890. The fraction of sp³-hybridized carbons (Fsp3) is 0.250. The van der Waals surface area contributed by atoms with Crippen LogP contribution in [0.5, 0.6) is 0 Å². The van der Waals surface area contributed by atoms with Crippen molar-refractivity contribution < 1.29 is 21.6 Å². The molecule has 0 bridgehead atoms. The van der Waals surface area contributed by atoms with Crippen molar-refractivity contribution in [3.8, 4) is 0 Å². The maximum absolute atomic E-state index is 12.1. The molecule has 0 amide bonds. The zero-order valence-electron chi connectivity index (χ0n) is 8.08. The number of nitrogens with one attached hydrogen (secondary N) is 1. The monoisotopic (exact) mass is 271 g/mol. The number of rotatable bonds is 3. The lowest BCUT2D eigenvalue weighted by molar-refractivity contribution is -0.0327. The molecule has 90 valence electrons. The minimum Gasteiger partial charge on any atom is -0.283 e. The zero-order chi connectivity index (χ0) is 12.4. The number of thioether (sulfide) groups is 1. The number of anilines is 1. The molecule has 8 heteroatoms. The number of benzene rings is 1. The Labute approximate surface area is 95.1 Å². The van der Waals surface area contributed by atoms with Crippen LogP contribution in [0.4, 0.5) is 18.9 Å². The number of halogens is 3. The lowest BCUT2D eigenvalue weighted by Gasteiger charge is -2.11. The van der Waals surface area contributed by atoms with Crippen LogP contribution >= 0.6 is 11.8 Å². The summed E-state index contributed by atoms with van der Waals surface area (Å²) in [7, 11) is -3.59. The molecule has 0 fully saturated rings. The van der Waals surface area contributed by atoms with Gasteiger partial charge in [0.15, 0.2) is 0 Å². The van der Waals surface area contributed by atoms with Gasteiger partial charge in [-0.25, -0.2) is 8.42 Å². The number of sulfonamides is 1. The smallest absolute Gasteiger partial charge is 0.283 e. The molecule has 1 N–H and O–H groups in total. The van der Waals surface area contributed by atoms with Gasteiger partial charge in [-0.3, -0.25) is 4.72 Å². The van der Waals surface area contributed by atoms with Crippen molar-refractivity contribution in [3.63, 3.8) is 0 Å². The lowest BCUT2D eigenvalue weighted by atomic mass is 10.3. The van der Waals surface area contributed by atoms with Crippen LogP contribution in [0.2, 0.25) is 0 Å². The molecule has 0 radical (unpaired) electrons. The standard InChI is InChI=1S/C8H8F3NO2S2/c1-16(13,14)12-6-4-2-3-5-7(6)15-8(9,10)11/h2-5,12H,1H3. The third kappa shape index (κ3) is 4.75. The highest BCUT2D eigenvalue weighted by molar-refractivity contribution is 8.00. The molecule has 0 heterocycles. The van der Waals surface area contributed by atoms with Crippen LogP contribution < -0.4 is 4.72 Å². The average Bonchev–Trinajstić information content (AvgIpc) is 2.03. The van der Waals surface area contributed by atoms with E-state index >= 15 is 0 Å². The predicted molar refractivity (Wildman–Crippen MR) is 56.8 cm³/mol. The minimum absolute atomic E-state index is 0.0766. The van der Waals surface area contributed by atoms with E-state index in [0.29, 0.717) is 0 Å². The van der Waals surface area contributed by atoms with Crippen LogP contribution in [0.3, 0.4) is 0 Å². The van der Waals surface area contributed by atoms with E-state index in [4.69, 9.17) is 0 Å². The number of hydrogen-bond donors (Lipinski definition) is 1. The first kappa shape index (κ1) is 13.2. The molecule has 0 saturated carbocycles. The van der Waals surface area contributed by atoms with Gasteiger partial charge in [0.2, 0.25) is 10.0 Å². The molecule has 0 saturated heterocycles. The predicted octanol–water partition coefficient (Wildman–Crippen LogP) is 2.67. The van der Waals surface area contributed by atoms with Crippen LogP contribution in [0.1, 0.15) is 0 Å². The van der Waals surface area contributed by atoms with Crippen molar-refractivity contribution in [1.29, 1.82) is 0 Å². The molecule has 0 atom stereocenters. The molecule has 0 aliphatic rings. The second kappa shape index (κ2) is 4.54. The lowest BCUT2D eigenvalue weighted by Crippen LogP contribution is -2.11. The highest BCUT2D eigenvalue weighted by atomic mass is 32.2. The minimum atomic E-state index is -4.45. The van der Waals surface area contributed by atoms with Gasteiger partial charge in [-0.15, -0.1) is 0 Å². The van der Waals surface area contributed by atoms with E-state index in [2.05, 4.69) is 0 Å². The third-order valence-electron chi connectivity index (χ3n) is 1.41. The first-order valence-corrected chi connectivity index (χ1v) is 6.71. The molecule has 0 aliphatic carbocycles. The summed E-state index contributed by atoms with van der Waals surface area (Å²) >= 11 is -0.359. The van der Waals surface area contributed by atoms with E-state index in [1.165, 1.54) is 24.3 Å². The number of hydrogen-bond acceptors (Lipinski definition) is 3. The van der Waals surface area contributed by atoms with Crippen molar-refractivity contribution in [2.24, 2.45) is 0 Å². The third-order valence-corrected chi connectivity index (χ3v) is 2.81. The fourth-order valence-corrected chi connectivity index (χ4v) is 2.23. The van der Waals surface area contributed by atoms with Gasteiger partial charge in [-0.05, 0) is 23.9 Å². The summed E-state index contributed by atoms with van der Waals surface area (Å²) < 4.78 is 60.3. The second-order valence-electron chi connectivity index (χ2n) is 2.92. The molecule has 0 aliphatic heterocycles. The highest BCUT2D eigenvalue weighted by Crippen LogP contribution is 2.40. The molecule has 3 nitrogen and oxygen atoms in total. The maximum Gasteiger partial charge on any atom is 0.446 e. The number of alkyl halides is 3. The van der Waals surface area contributed by atoms with Gasteiger partial charge in [-0.1, -0.05) is 12.1 Å². The largest absolute Gasteiger partial charge is 0.446 e. The molecular formula is C8H8F3NO2S2. The summed E-state index contributed by atoms with van der Waals surface area (Å²) in [5.41, 5.74) is -4.53. The van der Waals surface area contributed by atoms with Gasteiger partial charge >= 0.3 is 5.51 Å². The zero-order valence-corrected chi connectivity index (χ0v) is 9.71. The van der Waals surface area contributed by atoms with Crippen molar-refractivity contribution in [1.82, 2.24) is 0 Å². The van der Waals surface area contributed by atoms with Crippen molar-refractivity contribution in [2.75, 3.05) is 11.0 Å². The van der Waals surface area contributed by atoms with E-state index in [-0.39, 0.29) is 22.3 Å². The molecule has 16 heavy (non-hydrogen) atoms. The molecule has 0 unspecified atom stereocenters. The molecule has 1 aromatic carbocycles. The summed E-state index contributed by atoms with van der Waals surface area (Å²) in [6.07, 6.45) is 0.877. The molecule has 1 aromatic rings. The molecule has 0 spiro atoms. The van der Waals surface area contributed by atoms with Crippen molar-refractivity contribution >= 4 is 27.5 Å². The van der Waals surface area contributed by atoms with Gasteiger partial charge in [-0.2, -0.15) is 13.2 Å². The van der Waals surface area contributed by atoms with E-state index in [1.807, 2.05) is 4.72 Å². The highest BCUT2D eigenvalue weighted by Gasteiger charge is 2.30. The first-order chi connectivity index (χ1) is 7.17. The Morgan fingerprint density at radius 3 is 2.31 bits per heavy atom. The summed E-state index contributed by atoms with van der Waals surface area (Å²) in [5.74, 6) is 0. The van der Waals surface area contributed by atoms with Gasteiger partial charge in [0.25, 0.3) is 0 Å². The van der Waals surface area contributed by atoms with Gasteiger partial charge in [0.05, 0.1) is 11.9 Å². The van der Waals surface area contributed by atoms with Gasteiger partial charge in [0, 0.05) is 4.90 Å². The Kier molecular flexibility index (Phi) is 3.74. The molecule has 1 rings (SSSR count). The van der Waals surface area contributed by atoms with Crippen LogP contribution in [0.25, 0.3) is 0 Å². The van der Waals surface area contributed by atoms with Crippen LogP contribution in [-0.2, 0) is 10.0 Å². The summed E-state index contributed by atoms with van der Waals surface area (Å²) in [4.78, 5) is -0.180. The van der Waals surface area contributed by atoms with E-state index in [9.17, 15) is 21.6 Å². The first-order valence-electron chi connectivity index (χ1n) is 4.00. The van der Waals surface area contributed by atoms with Gasteiger partial charge in [0.1, 0.15) is 0 Å². The Balaban J connectivity index is 3.01. The molecular weight excluding hydrogens is 263 g/mol. The molecule has 0 aromatic heterocycles. The normalized spacial score (nSPS) is 12.5. The van der Waals surface area contributed by atoms with E-state index in [0.717, 1.165) is 6.26 Å². The summed E-state index contributed by atoms with van der Waals surface area (Å²) in [6, 6.07) is 5.33. The second-order valence-corrected chi connectivity index (χ2v) is 5.77. The van der Waals surface area contributed by atoms with E-state index in [1.54, 1.807) is 0 Å². The summed E-state index contributed by atoms with van der Waals surface area (Å²) in [5, 5.41) is 0. The topological polar surface area (TPSA) is 46.2 Å². The SMILES string of the molecule is CS(=O)(=O)Nc1ccccc1SC(F)(F)F. The maximum atomic E-state index is 12.1. The summed E-state index contributed by atoms with van der Waals surface area (Å²) in [6.45, 7) is 0. The van der Waals surface area contributed by atoms with Crippen LogP contribution in [-0.4, -0.2) is 20.2 Å². The van der Waals surface area contributed by atoms with E-state index < -0.39 is 15.5 Å². The Morgan fingerprint density at radius 1 is 1.25 bits per heavy atom. The van der Waals surface area contributed by atoms with Crippen LogP contribution in [0.15, 0.2) is 29.2 Å². The van der Waals surface area contributed by atoms with Gasteiger partial charge < -0.3 is 0 Å². The Morgan fingerprint density at radius 2 is 1.81 bits per heavy atom. The fourth-order valence-electron chi connectivity index (χ4n) is 0.964. The number of para-hydroxylation sites is 1. The average molecular weight is 271 g/mol. The van der Waals surface area contributed by atoms with Crippen LogP contribution in [0, 0.1) is 0 Å². The van der Waals surface area contributed by atoms with Crippen molar-refractivity contribution in [3.05, 3.63) is 24.3 Å². The van der Waals surface area contributed by atoms with Crippen molar-refractivity contribution in [2.45, 2.75) is 10.4 Å². The quantitative estimate of drug-likeness (QED) is 0.860.